The first-order valence-electron chi connectivity index (χ1n) is 12.3. The summed E-state index contributed by atoms with van der Waals surface area (Å²) < 4.78 is 33.7. The molecule has 5 rings (SSSR count). The quantitative estimate of drug-likeness (QED) is 0.474. The number of hydrogen-bond donors (Lipinski definition) is 2. The van der Waals surface area contributed by atoms with Crippen LogP contribution in [-0.4, -0.2) is 43.1 Å². The van der Waals surface area contributed by atoms with Crippen LogP contribution < -0.4 is 10.6 Å². The third kappa shape index (κ3) is 5.14. The molecule has 0 aliphatic carbocycles. The van der Waals surface area contributed by atoms with E-state index >= 15 is 0 Å². The fraction of sp³-hybridized carbons (Fsp3) is 0.393. The molecule has 1 fully saturated rings. The fourth-order valence-corrected chi connectivity index (χ4v) is 5.27. The molecule has 1 saturated heterocycles. The molecule has 1 unspecified atom stereocenters. The summed E-state index contributed by atoms with van der Waals surface area (Å²) >= 11 is 0. The number of piperidine rings is 1. The topological polar surface area (TPSA) is 49.4 Å². The molecule has 2 aliphatic heterocycles. The second-order valence-corrected chi connectivity index (χ2v) is 9.50. The molecule has 2 aliphatic rings. The van der Waals surface area contributed by atoms with Crippen LogP contribution in [0.25, 0.3) is 0 Å². The molecular weight excluding hydrogens is 446 g/mol. The van der Waals surface area contributed by atoms with E-state index in [1.54, 1.807) is 6.07 Å². The van der Waals surface area contributed by atoms with Crippen LogP contribution in [0, 0.1) is 11.6 Å². The molecule has 7 heteroatoms. The first-order valence-corrected chi connectivity index (χ1v) is 12.3. The molecule has 1 aromatic heterocycles. The summed E-state index contributed by atoms with van der Waals surface area (Å²) in [5, 5.41) is 6.57. The number of nitrogens with one attached hydrogen (secondary N) is 2. The number of aromatic nitrogens is 1. The number of halogens is 2. The Kier molecular flexibility index (Phi) is 7.20. The van der Waals surface area contributed by atoms with Crippen molar-refractivity contribution in [2.45, 2.75) is 37.6 Å². The van der Waals surface area contributed by atoms with Crippen molar-refractivity contribution < 1.29 is 13.5 Å². The molecule has 2 aromatic carbocycles. The van der Waals surface area contributed by atoms with Gasteiger partial charge in [0.1, 0.15) is 0 Å². The lowest BCUT2D eigenvalue weighted by Crippen LogP contribution is -2.42. The number of pyridine rings is 1. The Morgan fingerprint density at radius 2 is 1.77 bits per heavy atom. The van der Waals surface area contributed by atoms with Gasteiger partial charge in [-0.25, -0.2) is 8.78 Å². The molecule has 3 aromatic rings. The van der Waals surface area contributed by atoms with Gasteiger partial charge in [0.05, 0.1) is 18.2 Å². The summed E-state index contributed by atoms with van der Waals surface area (Å²) in [4.78, 5) is 6.80. The predicted molar refractivity (Wildman–Crippen MR) is 132 cm³/mol. The highest BCUT2D eigenvalue weighted by atomic mass is 19.2. The highest BCUT2D eigenvalue weighted by Gasteiger charge is 2.42. The maximum Gasteiger partial charge on any atom is 0.159 e. The monoisotopic (exact) mass is 478 g/mol. The van der Waals surface area contributed by atoms with E-state index < -0.39 is 11.6 Å². The van der Waals surface area contributed by atoms with Crippen molar-refractivity contribution in [1.82, 2.24) is 20.5 Å². The Balaban J connectivity index is 1.24. The average molecular weight is 479 g/mol. The number of hydrogen-bond acceptors (Lipinski definition) is 5. The molecule has 3 heterocycles. The summed E-state index contributed by atoms with van der Waals surface area (Å²) in [5.41, 5.74) is 5.32. The van der Waals surface area contributed by atoms with Crippen molar-refractivity contribution in [1.29, 1.82) is 0 Å². The molecule has 5 nitrogen and oxygen atoms in total. The molecule has 1 spiro atoms. The van der Waals surface area contributed by atoms with Crippen LogP contribution in [0.1, 0.15) is 46.7 Å². The van der Waals surface area contributed by atoms with E-state index in [1.807, 2.05) is 19.4 Å². The highest BCUT2D eigenvalue weighted by Crippen LogP contribution is 2.43. The highest BCUT2D eigenvalue weighted by molar-refractivity contribution is 5.35. The number of rotatable bonds is 8. The van der Waals surface area contributed by atoms with E-state index in [4.69, 9.17) is 4.74 Å². The zero-order valence-corrected chi connectivity index (χ0v) is 20.1. The minimum atomic E-state index is -0.830. The smallest absolute Gasteiger partial charge is 0.159 e. The van der Waals surface area contributed by atoms with Crippen LogP contribution in [0.3, 0.4) is 0 Å². The van der Waals surface area contributed by atoms with Crippen LogP contribution in [-0.2, 0) is 23.5 Å². The summed E-state index contributed by atoms with van der Waals surface area (Å²) in [5.74, 6) is -1.66. The molecule has 0 amide bonds. The lowest BCUT2D eigenvalue weighted by Gasteiger charge is -2.39. The van der Waals surface area contributed by atoms with Crippen LogP contribution in [0.5, 0.6) is 0 Å². The molecule has 0 saturated carbocycles. The van der Waals surface area contributed by atoms with Gasteiger partial charge in [-0.1, -0.05) is 30.3 Å². The summed E-state index contributed by atoms with van der Waals surface area (Å²) in [6, 6.07) is 14.4. The largest absolute Gasteiger partial charge is 0.365 e. The minimum absolute atomic E-state index is 0.180. The second kappa shape index (κ2) is 10.5. The Morgan fingerprint density at radius 3 is 2.51 bits per heavy atom. The number of fused-ring (bicyclic) bond motifs is 2. The number of ether oxygens (including phenoxy) is 1. The number of nitrogens with zero attached hydrogens (tertiary/aromatic N) is 2. The molecule has 35 heavy (non-hydrogen) atoms. The van der Waals surface area contributed by atoms with E-state index in [9.17, 15) is 8.78 Å². The number of likely N-dealkylation sites (N-methyl/N-ethyl adjacent to an activating group) is 1. The van der Waals surface area contributed by atoms with Gasteiger partial charge in [0.2, 0.25) is 0 Å². The van der Waals surface area contributed by atoms with E-state index in [0.29, 0.717) is 18.7 Å². The molecule has 0 bridgehead atoms. The minimum Gasteiger partial charge on any atom is -0.365 e. The van der Waals surface area contributed by atoms with Crippen LogP contribution in [0.15, 0.2) is 60.9 Å². The average Bonchev–Trinajstić information content (AvgIpc) is 3.24. The van der Waals surface area contributed by atoms with Gasteiger partial charge in [0, 0.05) is 50.7 Å². The van der Waals surface area contributed by atoms with Crippen molar-refractivity contribution >= 4 is 0 Å². The normalized spacial score (nSPS) is 18.0. The maximum absolute atomic E-state index is 13.9. The third-order valence-corrected chi connectivity index (χ3v) is 7.29. The summed E-state index contributed by atoms with van der Waals surface area (Å²) in [6.07, 6.45) is 5.76. The molecule has 1 atom stereocenters. The van der Waals surface area contributed by atoms with Crippen molar-refractivity contribution in [3.8, 4) is 0 Å². The predicted octanol–water partition coefficient (Wildman–Crippen LogP) is 4.28. The first kappa shape index (κ1) is 24.0. The van der Waals surface area contributed by atoms with Gasteiger partial charge in [-0.05, 0) is 60.3 Å². The third-order valence-electron chi connectivity index (χ3n) is 7.29. The van der Waals surface area contributed by atoms with Crippen molar-refractivity contribution in [2.75, 3.05) is 33.2 Å². The lowest BCUT2D eigenvalue weighted by atomic mass is 9.84. The number of likely N-dealkylation sites (tertiary alicyclic amines) is 1. The van der Waals surface area contributed by atoms with Crippen LogP contribution in [0.4, 0.5) is 8.78 Å². The van der Waals surface area contributed by atoms with Crippen molar-refractivity contribution in [2.24, 2.45) is 0 Å². The van der Waals surface area contributed by atoms with E-state index in [0.717, 1.165) is 44.6 Å². The number of benzene rings is 2. The Morgan fingerprint density at radius 1 is 1.00 bits per heavy atom. The zero-order valence-electron chi connectivity index (χ0n) is 20.1. The molecule has 184 valence electrons. The standard InChI is InChI=1S/C28H32F2N4O/c1-31-12-13-33-27(22-6-7-25(29)26(30)16-22)21-4-2-20(3-5-21)18-34-14-9-28(10-15-34)24-17-32-11-8-23(24)19-35-28/h2-8,11,16-17,27,31,33H,9-10,12-15,18-19H2,1H3. The van der Waals surface area contributed by atoms with E-state index in [1.165, 1.54) is 28.8 Å². The van der Waals surface area contributed by atoms with Gasteiger partial charge >= 0.3 is 0 Å². The Bertz CT molecular complexity index is 1150. The van der Waals surface area contributed by atoms with E-state index in [-0.39, 0.29) is 11.6 Å². The van der Waals surface area contributed by atoms with Gasteiger partial charge in [-0.15, -0.1) is 0 Å². The zero-order chi connectivity index (χ0) is 24.3. The van der Waals surface area contributed by atoms with Gasteiger partial charge in [-0.2, -0.15) is 0 Å². The van der Waals surface area contributed by atoms with Crippen molar-refractivity contribution in [3.63, 3.8) is 0 Å². The lowest BCUT2D eigenvalue weighted by molar-refractivity contribution is -0.0800. The molecule has 2 N–H and O–H groups in total. The summed E-state index contributed by atoms with van der Waals surface area (Å²) in [6.45, 7) is 4.98. The summed E-state index contributed by atoms with van der Waals surface area (Å²) in [7, 11) is 1.89. The van der Waals surface area contributed by atoms with Crippen LogP contribution >= 0.6 is 0 Å². The van der Waals surface area contributed by atoms with Gasteiger partial charge in [0.15, 0.2) is 11.6 Å². The van der Waals surface area contributed by atoms with E-state index in [2.05, 4.69) is 50.8 Å². The SMILES string of the molecule is CNCCNC(c1ccc(CN2CCC3(CC2)OCc2ccncc23)cc1)c1ccc(F)c(F)c1. The Hall–Kier alpha value is -2.71. The first-order chi connectivity index (χ1) is 17.1. The van der Waals surface area contributed by atoms with Crippen LogP contribution in [0.2, 0.25) is 0 Å². The maximum atomic E-state index is 13.9. The van der Waals surface area contributed by atoms with Crippen molar-refractivity contribution in [3.05, 3.63) is 100 Å². The molecule has 0 radical (unpaired) electrons. The van der Waals surface area contributed by atoms with Gasteiger partial charge in [-0.3, -0.25) is 9.88 Å². The Labute approximate surface area is 205 Å². The second-order valence-electron chi connectivity index (χ2n) is 9.50. The molecular formula is C28H32F2N4O. The fourth-order valence-electron chi connectivity index (χ4n) is 5.27. The van der Waals surface area contributed by atoms with Gasteiger partial charge < -0.3 is 15.4 Å². The van der Waals surface area contributed by atoms with Gasteiger partial charge in [0.25, 0.3) is 0 Å².